The highest BCUT2D eigenvalue weighted by Crippen LogP contribution is 2.15. The van der Waals surface area contributed by atoms with Crippen LogP contribution in [0.5, 0.6) is 0 Å². The zero-order valence-electron chi connectivity index (χ0n) is 44.4. The monoisotopic (exact) mass is 1020 g/mol. The number of hydrogen-bond acceptors (Lipinski definition) is 14. The van der Waals surface area contributed by atoms with E-state index in [1.54, 1.807) is 0 Å². The zero-order chi connectivity index (χ0) is 54.5. The molecule has 1 fully saturated rings. The number of nitrogens with one attached hydrogen (secondary N) is 9. The van der Waals surface area contributed by atoms with Gasteiger partial charge in [0.2, 0.25) is 53.2 Å². The Balaban J connectivity index is 3.79. The van der Waals surface area contributed by atoms with E-state index in [1.165, 1.54) is 0 Å². The molecule has 0 aromatic heterocycles. The molecule has 72 heavy (non-hydrogen) atoms. The number of aliphatic hydroxyl groups is 1. The van der Waals surface area contributed by atoms with E-state index in [9.17, 15) is 48.3 Å². The normalized spacial score (nSPS) is 23.9. The van der Waals surface area contributed by atoms with Crippen LogP contribution in [0.1, 0.15) is 145 Å². The third-order valence-electron chi connectivity index (χ3n) is 12.4. The molecule has 23 nitrogen and oxygen atoms in total. The van der Waals surface area contributed by atoms with Gasteiger partial charge in [-0.3, -0.25) is 43.2 Å². The van der Waals surface area contributed by atoms with Crippen molar-refractivity contribution in [3.63, 3.8) is 0 Å². The molecule has 10 unspecified atom stereocenters. The van der Waals surface area contributed by atoms with Gasteiger partial charge < -0.3 is 75.9 Å². The smallest absolute Gasteiger partial charge is 0.243 e. The Labute approximate surface area is 427 Å². The maximum atomic E-state index is 14.3. The highest BCUT2D eigenvalue weighted by molar-refractivity contribution is 5.98. The van der Waals surface area contributed by atoms with E-state index >= 15 is 0 Å². The van der Waals surface area contributed by atoms with Crippen molar-refractivity contribution in [2.45, 2.75) is 200 Å². The van der Waals surface area contributed by atoms with E-state index in [0.29, 0.717) is 12.3 Å². The second kappa shape index (κ2) is 35.2. The summed E-state index contributed by atoms with van der Waals surface area (Å²) in [5, 5.41) is 34.7. The van der Waals surface area contributed by atoms with Crippen LogP contribution in [0.4, 0.5) is 0 Å². The first-order chi connectivity index (χ1) is 34.0. The predicted octanol–water partition coefficient (Wildman–Crippen LogP) is -1.72. The van der Waals surface area contributed by atoms with Gasteiger partial charge in [-0.05, 0) is 108 Å². The van der Waals surface area contributed by atoms with Crippen molar-refractivity contribution < 1.29 is 48.3 Å². The number of rotatable bonds is 25. The predicted molar refractivity (Wildman–Crippen MR) is 275 cm³/mol. The van der Waals surface area contributed by atoms with Crippen LogP contribution in [-0.2, 0) is 43.2 Å². The maximum Gasteiger partial charge on any atom is 0.243 e. The molecule has 0 aromatic rings. The standard InChI is InChI=1S/C49H93N13O10/c1-9-31(8)12-10-11-13-32(63)27-41(64)55-33(14-19-50)43(66)59-37-18-23-54-42(65)38(24-28(2)3)60-45(68)35(16-21-52)56-44(67)34(15-20-51)58-48(71)39(25-29(4)5)62-49(72)40(26-30(6)7)61-46(69)36(17-22-53)57-47(37)70/h28-40,63H,9-27,50-53H2,1-8H3,(H,54,65)(H,55,64)(H,56,67)(H,57,70)(H,58,71)(H,59,66)(H,60,68)(H,61,69)(H,62,72). The summed E-state index contributed by atoms with van der Waals surface area (Å²) >= 11 is 0. The van der Waals surface area contributed by atoms with Crippen LogP contribution in [0.25, 0.3) is 0 Å². The van der Waals surface area contributed by atoms with Crippen LogP contribution >= 0.6 is 0 Å². The zero-order valence-corrected chi connectivity index (χ0v) is 44.4. The van der Waals surface area contributed by atoms with Gasteiger partial charge in [0.1, 0.15) is 48.3 Å². The summed E-state index contributed by atoms with van der Waals surface area (Å²) < 4.78 is 0. The van der Waals surface area contributed by atoms with Gasteiger partial charge >= 0.3 is 0 Å². The van der Waals surface area contributed by atoms with E-state index in [2.05, 4.69) is 61.7 Å². The molecular weight excluding hydrogens is 931 g/mol. The molecule has 0 aromatic carbocycles. The Hall–Kier alpha value is -4.97. The van der Waals surface area contributed by atoms with E-state index in [-0.39, 0.29) is 108 Å². The Morgan fingerprint density at radius 3 is 1.35 bits per heavy atom. The van der Waals surface area contributed by atoms with Crippen LogP contribution in [0.2, 0.25) is 0 Å². The van der Waals surface area contributed by atoms with Crippen LogP contribution < -0.4 is 70.8 Å². The molecule has 1 heterocycles. The molecule has 10 atom stereocenters. The van der Waals surface area contributed by atoms with Crippen molar-refractivity contribution in [2.75, 3.05) is 32.7 Å². The lowest BCUT2D eigenvalue weighted by atomic mass is 9.99. The summed E-state index contributed by atoms with van der Waals surface area (Å²) in [6.45, 7) is 14.8. The van der Waals surface area contributed by atoms with Crippen molar-refractivity contribution in [3.05, 3.63) is 0 Å². The number of amides is 9. The van der Waals surface area contributed by atoms with Crippen LogP contribution in [0.15, 0.2) is 0 Å². The van der Waals surface area contributed by atoms with Gasteiger partial charge in [-0.25, -0.2) is 0 Å². The average molecular weight is 1020 g/mol. The number of carbonyl (C=O) groups is 9. The van der Waals surface area contributed by atoms with E-state index in [1.807, 2.05) is 41.5 Å². The third-order valence-corrected chi connectivity index (χ3v) is 12.4. The topological polar surface area (TPSA) is 386 Å². The number of hydrogen-bond donors (Lipinski definition) is 14. The summed E-state index contributed by atoms with van der Waals surface area (Å²) in [5.74, 6) is -6.50. The van der Waals surface area contributed by atoms with Crippen LogP contribution in [0, 0.1) is 23.7 Å². The Morgan fingerprint density at radius 2 is 0.944 bits per heavy atom. The molecule has 1 aliphatic heterocycles. The summed E-state index contributed by atoms with van der Waals surface area (Å²) in [6.07, 6.45) is 2.74. The largest absolute Gasteiger partial charge is 0.393 e. The number of carbonyl (C=O) groups excluding carboxylic acids is 9. The maximum absolute atomic E-state index is 14.3. The summed E-state index contributed by atoms with van der Waals surface area (Å²) in [7, 11) is 0. The molecule has 0 aliphatic carbocycles. The second-order valence-corrected chi connectivity index (χ2v) is 20.5. The lowest BCUT2D eigenvalue weighted by Gasteiger charge is -2.29. The van der Waals surface area contributed by atoms with Crippen molar-refractivity contribution in [1.82, 2.24) is 47.9 Å². The first-order valence-electron chi connectivity index (χ1n) is 26.2. The lowest BCUT2D eigenvalue weighted by molar-refractivity contribution is -0.136. The van der Waals surface area contributed by atoms with Crippen molar-refractivity contribution >= 4 is 53.2 Å². The third kappa shape index (κ3) is 25.6. The van der Waals surface area contributed by atoms with Gasteiger partial charge in [-0.2, -0.15) is 0 Å². The van der Waals surface area contributed by atoms with Gasteiger partial charge in [0, 0.05) is 6.54 Å². The first-order valence-corrected chi connectivity index (χ1v) is 26.2. The summed E-state index contributed by atoms with van der Waals surface area (Å²) in [5.41, 5.74) is 23.5. The molecule has 1 saturated heterocycles. The van der Waals surface area contributed by atoms with Crippen molar-refractivity contribution in [2.24, 2.45) is 46.6 Å². The van der Waals surface area contributed by atoms with Gasteiger partial charge in [-0.1, -0.05) is 81.1 Å². The van der Waals surface area contributed by atoms with Crippen molar-refractivity contribution in [3.8, 4) is 0 Å². The van der Waals surface area contributed by atoms with Crippen molar-refractivity contribution in [1.29, 1.82) is 0 Å². The van der Waals surface area contributed by atoms with Gasteiger partial charge in [-0.15, -0.1) is 0 Å². The lowest BCUT2D eigenvalue weighted by Crippen LogP contribution is -2.60. The van der Waals surface area contributed by atoms with Gasteiger partial charge in [0.15, 0.2) is 0 Å². The Morgan fingerprint density at radius 1 is 0.556 bits per heavy atom. The Kier molecular flexibility index (Phi) is 31.8. The first kappa shape index (κ1) is 65.0. The molecule has 0 saturated carbocycles. The van der Waals surface area contributed by atoms with Gasteiger partial charge in [0.05, 0.1) is 12.5 Å². The summed E-state index contributed by atoms with van der Waals surface area (Å²) in [6, 6.07) is -10.1. The van der Waals surface area contributed by atoms with Gasteiger partial charge in [0.25, 0.3) is 0 Å². The molecule has 1 aliphatic rings. The Bertz CT molecular complexity index is 1720. The molecule has 414 valence electrons. The number of aliphatic hydroxyl groups excluding tert-OH is 1. The van der Waals surface area contributed by atoms with E-state index in [0.717, 1.165) is 25.7 Å². The molecule has 18 N–H and O–H groups in total. The highest BCUT2D eigenvalue weighted by atomic mass is 16.3. The molecule has 0 spiro atoms. The quantitative estimate of drug-likeness (QED) is 0.0453. The fourth-order valence-electron chi connectivity index (χ4n) is 8.13. The SMILES string of the molecule is CCC(C)CCCCC(O)CC(=O)NC(CCN)C(=O)NC1CCNC(=O)C(CC(C)C)NC(=O)C(CCN)NC(=O)C(CCN)NC(=O)C(CC(C)C)NC(=O)C(CC(C)C)NC(=O)C(CCN)NC1=O. The average Bonchev–Trinajstić information content (AvgIpc) is 3.30. The minimum Gasteiger partial charge on any atom is -0.393 e. The minimum atomic E-state index is -1.45. The highest BCUT2D eigenvalue weighted by Gasteiger charge is 2.35. The summed E-state index contributed by atoms with van der Waals surface area (Å²) in [4.78, 5) is 125. The molecule has 0 bridgehead atoms. The molecule has 9 amide bonds. The number of unbranched alkanes of at least 4 members (excludes halogenated alkanes) is 1. The fraction of sp³-hybridized carbons (Fsp3) is 0.816. The molecule has 0 radical (unpaired) electrons. The van der Waals surface area contributed by atoms with Crippen LogP contribution in [0.3, 0.4) is 0 Å². The molecule has 1 rings (SSSR count). The fourth-order valence-corrected chi connectivity index (χ4v) is 8.13. The second-order valence-electron chi connectivity index (χ2n) is 20.5. The van der Waals surface area contributed by atoms with E-state index in [4.69, 9.17) is 22.9 Å². The molecule has 23 heteroatoms. The van der Waals surface area contributed by atoms with E-state index < -0.39 is 108 Å². The minimum absolute atomic E-state index is 0.0355. The molecular formula is C49H93N13O10. The van der Waals surface area contributed by atoms with Crippen LogP contribution in [-0.4, -0.2) is 145 Å². The number of nitrogens with two attached hydrogens (primary N) is 4.